The summed E-state index contributed by atoms with van der Waals surface area (Å²) in [6.45, 7) is 1.44. The summed E-state index contributed by atoms with van der Waals surface area (Å²) in [4.78, 5) is 50.8. The minimum absolute atomic E-state index is 0.113. The number of carbonyl (C=O) groups excluding carboxylic acids is 4. The molecule has 0 saturated carbocycles. The zero-order valence-corrected chi connectivity index (χ0v) is 19.3. The highest BCUT2D eigenvalue weighted by Crippen LogP contribution is 2.31. The number of benzene rings is 3. The van der Waals surface area contributed by atoms with Gasteiger partial charge in [0.05, 0.1) is 5.69 Å². The molecule has 0 fully saturated rings. The van der Waals surface area contributed by atoms with E-state index in [-0.39, 0.29) is 16.5 Å². The van der Waals surface area contributed by atoms with Crippen molar-refractivity contribution >= 4 is 63.8 Å². The molecule has 4 rings (SSSR count). The first-order valence-electron chi connectivity index (χ1n) is 10.1. The van der Waals surface area contributed by atoms with Crippen LogP contribution in [0.1, 0.15) is 27.6 Å². The molecule has 0 bridgehead atoms. The van der Waals surface area contributed by atoms with E-state index >= 15 is 0 Å². The van der Waals surface area contributed by atoms with Crippen LogP contribution in [-0.4, -0.2) is 23.5 Å². The first-order valence-corrected chi connectivity index (χ1v) is 10.8. The Morgan fingerprint density at radius 3 is 2.15 bits per heavy atom. The largest absolute Gasteiger partial charge is 0.350 e. The normalized spacial score (nSPS) is 13.3. The molecular weight excluding hydrogens is 477 g/mol. The molecule has 0 atom stereocenters. The molecule has 170 valence electrons. The van der Waals surface area contributed by atoms with Gasteiger partial charge in [-0.3, -0.25) is 19.2 Å². The van der Waals surface area contributed by atoms with Crippen LogP contribution in [0.4, 0.5) is 17.1 Å². The first-order chi connectivity index (χ1) is 16.2. The number of Topliss-reactive ketones (excluding diaryl/α,β-unsaturated/α-hetero) is 1. The van der Waals surface area contributed by atoms with Gasteiger partial charge in [0.2, 0.25) is 0 Å². The summed E-state index contributed by atoms with van der Waals surface area (Å²) >= 11 is 12.2. The number of hydrogen-bond donors (Lipinski definition) is 2. The third-order valence-electron chi connectivity index (χ3n) is 5.01. The molecule has 0 radical (unpaired) electrons. The number of carbonyl (C=O) groups is 4. The van der Waals surface area contributed by atoms with Crippen LogP contribution in [0, 0.1) is 0 Å². The zero-order valence-electron chi connectivity index (χ0n) is 17.8. The van der Waals surface area contributed by atoms with Crippen molar-refractivity contribution in [2.24, 2.45) is 0 Å². The van der Waals surface area contributed by atoms with Gasteiger partial charge in [0.25, 0.3) is 17.7 Å². The predicted molar refractivity (Wildman–Crippen MR) is 131 cm³/mol. The van der Waals surface area contributed by atoms with E-state index in [4.69, 9.17) is 23.2 Å². The van der Waals surface area contributed by atoms with E-state index in [1.807, 2.05) is 0 Å². The molecule has 0 aromatic heterocycles. The first kappa shape index (κ1) is 23.2. The topological polar surface area (TPSA) is 95.6 Å². The van der Waals surface area contributed by atoms with Gasteiger partial charge in [-0.25, -0.2) is 4.90 Å². The number of imide groups is 1. The number of anilines is 3. The second-order valence-corrected chi connectivity index (χ2v) is 8.23. The quantitative estimate of drug-likeness (QED) is 0.362. The van der Waals surface area contributed by atoms with Crippen molar-refractivity contribution in [3.8, 4) is 0 Å². The molecule has 7 nitrogen and oxygen atoms in total. The average Bonchev–Trinajstić information content (AvgIpc) is 3.02. The molecule has 2 N–H and O–H groups in total. The second-order valence-electron chi connectivity index (χ2n) is 7.41. The minimum atomic E-state index is -0.685. The van der Waals surface area contributed by atoms with Crippen LogP contribution < -0.4 is 15.5 Å². The highest BCUT2D eigenvalue weighted by atomic mass is 35.5. The SMILES string of the molecule is CC(=O)c1cccc(NC(=O)c2cccc(NC3=C(Cl)C(=O)N(c4cccc(Cl)c4)C3=O)c2)c1. The zero-order chi connectivity index (χ0) is 24.4. The summed E-state index contributed by atoms with van der Waals surface area (Å²) < 4.78 is 0. The lowest BCUT2D eigenvalue weighted by molar-refractivity contribution is -0.120. The van der Waals surface area contributed by atoms with Crippen LogP contribution in [0.3, 0.4) is 0 Å². The number of rotatable bonds is 6. The molecule has 0 spiro atoms. The van der Waals surface area contributed by atoms with Crippen molar-refractivity contribution in [2.75, 3.05) is 15.5 Å². The van der Waals surface area contributed by atoms with Crippen molar-refractivity contribution in [1.82, 2.24) is 0 Å². The van der Waals surface area contributed by atoms with Crippen LogP contribution in [-0.2, 0) is 9.59 Å². The third kappa shape index (κ3) is 4.71. The molecule has 0 unspecified atom stereocenters. The van der Waals surface area contributed by atoms with Gasteiger partial charge < -0.3 is 10.6 Å². The second kappa shape index (κ2) is 9.51. The molecule has 3 aromatic carbocycles. The monoisotopic (exact) mass is 493 g/mol. The maximum atomic E-state index is 12.9. The highest BCUT2D eigenvalue weighted by molar-refractivity contribution is 6.53. The predicted octanol–water partition coefficient (Wildman–Crippen LogP) is 5.23. The summed E-state index contributed by atoms with van der Waals surface area (Å²) in [6.07, 6.45) is 0. The molecule has 0 aliphatic carbocycles. The van der Waals surface area contributed by atoms with E-state index in [1.165, 1.54) is 19.1 Å². The van der Waals surface area contributed by atoms with Gasteiger partial charge in [-0.2, -0.15) is 0 Å². The summed E-state index contributed by atoms with van der Waals surface area (Å²) in [5, 5.41) is 5.67. The Morgan fingerprint density at radius 1 is 0.794 bits per heavy atom. The molecule has 0 saturated heterocycles. The van der Waals surface area contributed by atoms with E-state index in [2.05, 4.69) is 10.6 Å². The highest BCUT2D eigenvalue weighted by Gasteiger charge is 2.39. The maximum Gasteiger partial charge on any atom is 0.283 e. The number of hydrogen-bond acceptors (Lipinski definition) is 5. The Labute approximate surface area is 205 Å². The van der Waals surface area contributed by atoms with Gasteiger partial charge in [0.15, 0.2) is 5.78 Å². The average molecular weight is 494 g/mol. The fourth-order valence-corrected chi connectivity index (χ4v) is 3.76. The number of amides is 3. The van der Waals surface area contributed by atoms with Crippen molar-refractivity contribution in [2.45, 2.75) is 6.92 Å². The molecule has 3 aromatic rings. The van der Waals surface area contributed by atoms with Crippen molar-refractivity contribution in [3.63, 3.8) is 0 Å². The lowest BCUT2D eigenvalue weighted by atomic mass is 10.1. The Bertz CT molecular complexity index is 1380. The van der Waals surface area contributed by atoms with Crippen molar-refractivity contribution in [3.05, 3.63) is 99.7 Å². The summed E-state index contributed by atoms with van der Waals surface area (Å²) in [6, 6.07) is 19.2. The Morgan fingerprint density at radius 2 is 1.44 bits per heavy atom. The van der Waals surface area contributed by atoms with Crippen LogP contribution in [0.15, 0.2) is 83.5 Å². The molecule has 34 heavy (non-hydrogen) atoms. The molecule has 1 heterocycles. The van der Waals surface area contributed by atoms with Gasteiger partial charge in [-0.05, 0) is 55.5 Å². The number of nitrogens with zero attached hydrogens (tertiary/aromatic N) is 1. The number of halogens is 2. The summed E-state index contributed by atoms with van der Waals surface area (Å²) in [5.74, 6) is -1.86. The van der Waals surface area contributed by atoms with Crippen LogP contribution in [0.25, 0.3) is 0 Å². The standard InChI is InChI=1S/C25H17Cl2N3O4/c1-14(31)15-5-2-9-19(11-15)29-23(32)16-6-3-8-18(12-16)28-22-21(27)24(33)30(25(22)34)20-10-4-7-17(26)13-20/h2-13,28H,1H3,(H,29,32). The Hall–Kier alpha value is -3.94. The number of ketones is 1. The van der Waals surface area contributed by atoms with Crippen LogP contribution >= 0.6 is 23.2 Å². The fraction of sp³-hybridized carbons (Fsp3) is 0.0400. The van der Waals surface area contributed by atoms with E-state index in [9.17, 15) is 19.2 Å². The lowest BCUT2D eigenvalue weighted by Crippen LogP contribution is -2.32. The lowest BCUT2D eigenvalue weighted by Gasteiger charge is -2.15. The van der Waals surface area contributed by atoms with E-state index < -0.39 is 17.7 Å². The molecule has 1 aliphatic heterocycles. The smallest absolute Gasteiger partial charge is 0.283 e. The van der Waals surface area contributed by atoms with Gasteiger partial charge >= 0.3 is 0 Å². The van der Waals surface area contributed by atoms with Crippen LogP contribution in [0.2, 0.25) is 5.02 Å². The molecule has 9 heteroatoms. The van der Waals surface area contributed by atoms with Crippen LogP contribution in [0.5, 0.6) is 0 Å². The minimum Gasteiger partial charge on any atom is -0.350 e. The maximum absolute atomic E-state index is 12.9. The van der Waals surface area contributed by atoms with Crippen molar-refractivity contribution < 1.29 is 19.2 Å². The molecule has 1 aliphatic rings. The van der Waals surface area contributed by atoms with E-state index in [1.54, 1.807) is 60.7 Å². The Kier molecular flexibility index (Phi) is 6.49. The molecule has 3 amide bonds. The van der Waals surface area contributed by atoms with Crippen molar-refractivity contribution in [1.29, 1.82) is 0 Å². The fourth-order valence-electron chi connectivity index (χ4n) is 3.36. The van der Waals surface area contributed by atoms with Gasteiger partial charge in [-0.1, -0.05) is 47.5 Å². The molecular formula is C25H17Cl2N3O4. The van der Waals surface area contributed by atoms with Gasteiger partial charge in [-0.15, -0.1) is 0 Å². The summed E-state index contributed by atoms with van der Waals surface area (Å²) in [5.41, 5.74) is 1.79. The van der Waals surface area contributed by atoms with Gasteiger partial charge in [0.1, 0.15) is 10.7 Å². The third-order valence-corrected chi connectivity index (χ3v) is 5.60. The summed E-state index contributed by atoms with van der Waals surface area (Å²) in [7, 11) is 0. The Balaban J connectivity index is 1.53. The van der Waals surface area contributed by atoms with Gasteiger partial charge in [0, 0.05) is 27.5 Å². The van der Waals surface area contributed by atoms with E-state index in [0.29, 0.717) is 33.2 Å². The van der Waals surface area contributed by atoms with E-state index in [0.717, 1.165) is 4.90 Å². The number of nitrogens with one attached hydrogen (secondary N) is 2.